The van der Waals surface area contributed by atoms with Crippen LogP contribution in [-0.4, -0.2) is 25.5 Å². The molecule has 0 radical (unpaired) electrons. The summed E-state index contributed by atoms with van der Waals surface area (Å²) < 4.78 is 38.7. The van der Waals surface area contributed by atoms with E-state index >= 15 is 0 Å². The third-order valence-electron chi connectivity index (χ3n) is 2.87. The van der Waals surface area contributed by atoms with Crippen LogP contribution >= 0.6 is 0 Å². The van der Waals surface area contributed by atoms with Crippen molar-refractivity contribution >= 4 is 17.5 Å². The molecule has 0 aliphatic carbocycles. The van der Waals surface area contributed by atoms with E-state index in [1.807, 2.05) is 0 Å². The maximum absolute atomic E-state index is 12.7. The molecule has 118 valence electrons. The van der Waals surface area contributed by atoms with Crippen LogP contribution in [-0.2, 0) is 6.18 Å². The van der Waals surface area contributed by atoms with Gasteiger partial charge in [-0.2, -0.15) is 22.7 Å². The second-order valence-corrected chi connectivity index (χ2v) is 4.51. The number of fused-ring (bicyclic) bond motifs is 1. The molecule has 2 aromatic heterocycles. The molecule has 23 heavy (non-hydrogen) atoms. The molecule has 0 saturated heterocycles. The Bertz CT molecular complexity index is 930. The number of aromatic nitrogens is 4. The number of anilines is 1. The van der Waals surface area contributed by atoms with Gasteiger partial charge in [0, 0.05) is 11.6 Å². The maximum Gasteiger partial charge on any atom is 0.453 e. The number of nitrogens with one attached hydrogen (secondary N) is 2. The van der Waals surface area contributed by atoms with E-state index in [0.717, 1.165) is 6.07 Å². The fourth-order valence-electron chi connectivity index (χ4n) is 1.88. The van der Waals surface area contributed by atoms with Gasteiger partial charge in [-0.25, -0.2) is 0 Å². The molecule has 0 spiro atoms. The average Bonchev–Trinajstić information content (AvgIpc) is 2.92. The van der Waals surface area contributed by atoms with Gasteiger partial charge in [-0.15, -0.1) is 5.10 Å². The third kappa shape index (κ3) is 2.91. The minimum Gasteiger partial charge on any atom is -0.306 e. The minimum absolute atomic E-state index is 0.222. The fraction of sp³-hybridized carbons (Fsp3) is 0.0769. The number of alkyl halides is 3. The summed E-state index contributed by atoms with van der Waals surface area (Å²) in [6, 6.07) is 8.90. The van der Waals surface area contributed by atoms with E-state index in [4.69, 9.17) is 0 Å². The van der Waals surface area contributed by atoms with Crippen molar-refractivity contribution in [3.05, 3.63) is 58.1 Å². The zero-order valence-corrected chi connectivity index (χ0v) is 11.3. The van der Waals surface area contributed by atoms with Gasteiger partial charge in [0.25, 0.3) is 17.3 Å². The summed E-state index contributed by atoms with van der Waals surface area (Å²) in [5.74, 6) is -2.66. The molecule has 2 N–H and O–H groups in total. The highest BCUT2D eigenvalue weighted by Crippen LogP contribution is 2.26. The van der Waals surface area contributed by atoms with Gasteiger partial charge in [0.05, 0.1) is 0 Å². The van der Waals surface area contributed by atoms with Gasteiger partial charge < -0.3 is 5.32 Å². The number of amides is 1. The standard InChI is InChI=1S/C13H8F3N5O2/c14-13(15,16)11-19-12-18-9(22)6-8(21(12)20-11)17-10(23)7-4-2-1-3-5-7/h1-6H,(H,17,23)(H,18,19,20,22). The predicted octanol–water partition coefficient (Wildman–Crippen LogP) is 1.69. The van der Waals surface area contributed by atoms with Crippen molar-refractivity contribution in [1.82, 2.24) is 19.6 Å². The van der Waals surface area contributed by atoms with Gasteiger partial charge in [0.1, 0.15) is 5.82 Å². The van der Waals surface area contributed by atoms with E-state index in [-0.39, 0.29) is 11.4 Å². The molecule has 0 atom stereocenters. The van der Waals surface area contributed by atoms with Crippen LogP contribution in [0.3, 0.4) is 0 Å². The molecule has 2 heterocycles. The lowest BCUT2D eigenvalue weighted by atomic mass is 10.2. The Morgan fingerprint density at radius 2 is 1.91 bits per heavy atom. The van der Waals surface area contributed by atoms with Crippen LogP contribution in [0.4, 0.5) is 19.0 Å². The van der Waals surface area contributed by atoms with Crippen molar-refractivity contribution in [3.63, 3.8) is 0 Å². The van der Waals surface area contributed by atoms with Crippen LogP contribution in [0, 0.1) is 0 Å². The Morgan fingerprint density at radius 3 is 2.57 bits per heavy atom. The van der Waals surface area contributed by atoms with Crippen LogP contribution in [0.25, 0.3) is 5.78 Å². The molecule has 0 aliphatic heterocycles. The van der Waals surface area contributed by atoms with E-state index in [1.54, 1.807) is 18.2 Å². The number of aromatic amines is 1. The lowest BCUT2D eigenvalue weighted by molar-refractivity contribution is -0.144. The molecule has 10 heteroatoms. The van der Waals surface area contributed by atoms with Gasteiger partial charge in [-0.1, -0.05) is 18.2 Å². The molecule has 3 aromatic rings. The highest BCUT2D eigenvalue weighted by atomic mass is 19.4. The lowest BCUT2D eigenvalue weighted by Gasteiger charge is -2.06. The molecule has 7 nitrogen and oxygen atoms in total. The molecule has 1 amide bonds. The van der Waals surface area contributed by atoms with Gasteiger partial charge >= 0.3 is 6.18 Å². The number of nitrogens with zero attached hydrogens (tertiary/aromatic N) is 3. The fourth-order valence-corrected chi connectivity index (χ4v) is 1.88. The zero-order chi connectivity index (χ0) is 16.6. The summed E-state index contributed by atoms with van der Waals surface area (Å²) in [6.07, 6.45) is -4.77. The van der Waals surface area contributed by atoms with E-state index in [0.29, 0.717) is 4.52 Å². The zero-order valence-electron chi connectivity index (χ0n) is 11.3. The first kappa shape index (κ1) is 14.8. The monoisotopic (exact) mass is 323 g/mol. The van der Waals surface area contributed by atoms with Gasteiger partial charge in [0.2, 0.25) is 5.78 Å². The van der Waals surface area contributed by atoms with E-state index < -0.39 is 29.2 Å². The summed E-state index contributed by atoms with van der Waals surface area (Å²) >= 11 is 0. The topological polar surface area (TPSA) is 92.1 Å². The van der Waals surface area contributed by atoms with E-state index in [2.05, 4.69) is 20.4 Å². The molecule has 0 saturated carbocycles. The molecule has 0 bridgehead atoms. The number of hydrogen-bond donors (Lipinski definition) is 2. The lowest BCUT2D eigenvalue weighted by Crippen LogP contribution is -2.18. The van der Waals surface area contributed by atoms with Crippen molar-refractivity contribution in [2.24, 2.45) is 0 Å². The normalized spacial score (nSPS) is 11.6. The number of H-pyrrole nitrogens is 1. The Balaban J connectivity index is 2.05. The van der Waals surface area contributed by atoms with Crippen molar-refractivity contribution in [1.29, 1.82) is 0 Å². The summed E-state index contributed by atoms with van der Waals surface area (Å²) in [4.78, 5) is 28.9. The largest absolute Gasteiger partial charge is 0.453 e. The first-order chi connectivity index (χ1) is 10.8. The van der Waals surface area contributed by atoms with Crippen molar-refractivity contribution in [2.75, 3.05) is 5.32 Å². The number of rotatable bonds is 2. The second kappa shape index (κ2) is 5.23. The Kier molecular flexibility index (Phi) is 3.36. The molecule has 1 aromatic carbocycles. The van der Waals surface area contributed by atoms with Crippen LogP contribution in [0.15, 0.2) is 41.2 Å². The Labute approximate surface area is 125 Å². The van der Waals surface area contributed by atoms with Gasteiger partial charge in [-0.3, -0.25) is 14.6 Å². The smallest absolute Gasteiger partial charge is 0.306 e. The highest BCUT2D eigenvalue weighted by molar-refractivity contribution is 6.03. The minimum atomic E-state index is -4.77. The number of carbonyl (C=O) groups is 1. The van der Waals surface area contributed by atoms with E-state index in [9.17, 15) is 22.8 Å². The number of hydrogen-bond acceptors (Lipinski definition) is 4. The number of carbonyl (C=O) groups excluding carboxylic acids is 1. The second-order valence-electron chi connectivity index (χ2n) is 4.51. The first-order valence-electron chi connectivity index (χ1n) is 6.28. The van der Waals surface area contributed by atoms with Crippen molar-refractivity contribution in [2.45, 2.75) is 6.18 Å². The maximum atomic E-state index is 12.7. The predicted molar refractivity (Wildman–Crippen MR) is 73.0 cm³/mol. The van der Waals surface area contributed by atoms with Crippen LogP contribution in [0.2, 0.25) is 0 Å². The molecule has 0 fully saturated rings. The number of benzene rings is 1. The quantitative estimate of drug-likeness (QED) is 0.750. The van der Waals surface area contributed by atoms with E-state index in [1.165, 1.54) is 12.1 Å². The summed E-state index contributed by atoms with van der Waals surface area (Å²) in [7, 11) is 0. The Hall–Kier alpha value is -3.17. The SMILES string of the molecule is O=C(Nc1cc(=O)[nH]c2nc(C(F)(F)F)nn12)c1ccccc1. The summed E-state index contributed by atoms with van der Waals surface area (Å²) in [5.41, 5.74) is -0.445. The molecule has 0 aliphatic rings. The van der Waals surface area contributed by atoms with Crippen molar-refractivity contribution in [3.8, 4) is 0 Å². The average molecular weight is 323 g/mol. The Morgan fingerprint density at radius 1 is 1.22 bits per heavy atom. The molecule has 0 unspecified atom stereocenters. The van der Waals surface area contributed by atoms with Crippen LogP contribution in [0.1, 0.15) is 16.2 Å². The summed E-state index contributed by atoms with van der Waals surface area (Å²) in [6.45, 7) is 0. The van der Waals surface area contributed by atoms with Gasteiger partial charge in [0.15, 0.2) is 0 Å². The molecule has 3 rings (SSSR count). The van der Waals surface area contributed by atoms with Crippen LogP contribution < -0.4 is 10.9 Å². The van der Waals surface area contributed by atoms with Crippen molar-refractivity contribution < 1.29 is 18.0 Å². The summed E-state index contributed by atoms with van der Waals surface area (Å²) in [5, 5.41) is 5.61. The van der Waals surface area contributed by atoms with Crippen LogP contribution in [0.5, 0.6) is 0 Å². The molecular weight excluding hydrogens is 315 g/mol. The number of halogens is 3. The first-order valence-corrected chi connectivity index (χ1v) is 6.28. The molecular formula is C13H8F3N5O2. The third-order valence-corrected chi connectivity index (χ3v) is 2.87. The highest BCUT2D eigenvalue weighted by Gasteiger charge is 2.36. The van der Waals surface area contributed by atoms with Gasteiger partial charge in [-0.05, 0) is 12.1 Å².